The van der Waals surface area contributed by atoms with Crippen LogP contribution in [-0.2, 0) is 15.0 Å². The van der Waals surface area contributed by atoms with E-state index in [2.05, 4.69) is 44.3 Å². The Bertz CT molecular complexity index is 1140. The quantitative estimate of drug-likeness (QED) is 0.722. The summed E-state index contributed by atoms with van der Waals surface area (Å²) in [5, 5.41) is 3.56. The Hall–Kier alpha value is -2.88. The molecule has 3 aliphatic rings. The topological polar surface area (TPSA) is 49.4 Å². The van der Waals surface area contributed by atoms with Gasteiger partial charge in [-0.3, -0.25) is 9.59 Å². The Labute approximate surface area is 184 Å². The number of Topliss-reactive ketones (excluding diaryl/α,β-unsaturated/α-hetero) is 1. The summed E-state index contributed by atoms with van der Waals surface area (Å²) >= 11 is 0. The van der Waals surface area contributed by atoms with Crippen LogP contribution in [0.3, 0.4) is 0 Å². The van der Waals surface area contributed by atoms with Crippen molar-refractivity contribution in [2.24, 2.45) is 5.41 Å². The van der Waals surface area contributed by atoms with Gasteiger partial charge in [0.15, 0.2) is 5.78 Å². The number of nitrogens with one attached hydrogen (secondary N) is 1. The average Bonchev–Trinajstić information content (AvgIpc) is 2.95. The molecule has 0 saturated heterocycles. The predicted octanol–water partition coefficient (Wildman–Crippen LogP) is 5.50. The van der Waals surface area contributed by atoms with Crippen molar-refractivity contribution in [1.82, 2.24) is 0 Å². The van der Waals surface area contributed by atoms with E-state index >= 15 is 0 Å². The number of ketones is 1. The van der Waals surface area contributed by atoms with Gasteiger partial charge in [-0.05, 0) is 37.3 Å². The highest BCUT2D eigenvalue weighted by Crippen LogP contribution is 2.58. The molecule has 4 heteroatoms. The Kier molecular flexibility index (Phi) is 4.40. The third-order valence-electron chi connectivity index (χ3n) is 7.01. The van der Waals surface area contributed by atoms with Crippen LogP contribution in [0.2, 0.25) is 0 Å². The standard InChI is InChI=1S/C27H30N2O2/c1-5-6-13-29-22-10-8-7-9-18(22)27(25(29)31)19-14-17(2)11-12-20(19)28-21-15-26(3,4)16-23(30)24(21)27/h7-12,14,28H,5-6,13,15-16H2,1-4H3. The number of hydrogen-bond donors (Lipinski definition) is 1. The van der Waals surface area contributed by atoms with E-state index in [0.29, 0.717) is 18.5 Å². The maximum atomic E-state index is 14.4. The average molecular weight is 415 g/mol. The Balaban J connectivity index is 1.85. The molecular weight excluding hydrogens is 384 g/mol. The van der Waals surface area contributed by atoms with Gasteiger partial charge in [0.05, 0.1) is 0 Å². The smallest absolute Gasteiger partial charge is 0.247 e. The molecule has 1 N–H and O–H groups in total. The lowest BCUT2D eigenvalue weighted by Gasteiger charge is -2.44. The van der Waals surface area contributed by atoms with Gasteiger partial charge in [-0.2, -0.15) is 0 Å². The molecule has 1 atom stereocenters. The number of hydrogen-bond acceptors (Lipinski definition) is 3. The summed E-state index contributed by atoms with van der Waals surface area (Å²) in [6.45, 7) is 9.12. The van der Waals surface area contributed by atoms with E-state index < -0.39 is 5.41 Å². The van der Waals surface area contributed by atoms with Gasteiger partial charge in [0.1, 0.15) is 5.41 Å². The van der Waals surface area contributed by atoms with Crippen molar-refractivity contribution in [3.8, 4) is 0 Å². The minimum atomic E-state index is -1.06. The molecular formula is C27H30N2O2. The van der Waals surface area contributed by atoms with E-state index in [0.717, 1.165) is 53.0 Å². The Morgan fingerprint density at radius 3 is 2.58 bits per heavy atom. The first kappa shape index (κ1) is 20.0. The van der Waals surface area contributed by atoms with Gasteiger partial charge in [-0.1, -0.05) is 63.1 Å². The molecule has 1 spiro atoms. The van der Waals surface area contributed by atoms with Gasteiger partial charge in [0, 0.05) is 46.7 Å². The molecule has 1 amide bonds. The van der Waals surface area contributed by atoms with Crippen LogP contribution in [0.1, 0.15) is 63.1 Å². The van der Waals surface area contributed by atoms with Crippen LogP contribution in [0, 0.1) is 12.3 Å². The number of carbonyl (C=O) groups is 2. The second-order valence-corrected chi connectivity index (χ2v) is 10.0. The third kappa shape index (κ3) is 2.73. The molecule has 0 saturated carbocycles. The van der Waals surface area contributed by atoms with Gasteiger partial charge in [0.2, 0.25) is 5.91 Å². The number of aryl methyl sites for hydroxylation is 1. The number of anilines is 2. The van der Waals surface area contributed by atoms with Crippen LogP contribution in [0.25, 0.3) is 0 Å². The van der Waals surface area contributed by atoms with Crippen LogP contribution in [0.15, 0.2) is 53.7 Å². The van der Waals surface area contributed by atoms with E-state index in [1.807, 2.05) is 36.1 Å². The molecule has 31 heavy (non-hydrogen) atoms. The molecule has 5 rings (SSSR count). The number of benzene rings is 2. The zero-order valence-electron chi connectivity index (χ0n) is 18.8. The third-order valence-corrected chi connectivity index (χ3v) is 7.01. The summed E-state index contributed by atoms with van der Waals surface area (Å²) in [6.07, 6.45) is 3.16. The van der Waals surface area contributed by atoms with Crippen molar-refractivity contribution in [2.75, 3.05) is 16.8 Å². The van der Waals surface area contributed by atoms with Crippen LogP contribution < -0.4 is 10.2 Å². The lowest BCUT2D eigenvalue weighted by Crippen LogP contribution is -2.50. The molecule has 0 fully saturated rings. The van der Waals surface area contributed by atoms with Crippen molar-refractivity contribution in [3.05, 3.63) is 70.4 Å². The number of allylic oxidation sites excluding steroid dienone is 1. The molecule has 1 aliphatic carbocycles. The monoisotopic (exact) mass is 414 g/mol. The van der Waals surface area contributed by atoms with Crippen molar-refractivity contribution >= 4 is 23.1 Å². The zero-order valence-corrected chi connectivity index (χ0v) is 18.8. The first-order valence-electron chi connectivity index (χ1n) is 11.4. The highest BCUT2D eigenvalue weighted by molar-refractivity contribution is 6.21. The SMILES string of the molecule is CCCCN1C(=O)C2(C3=C(CC(C)(C)CC3=O)Nc3ccc(C)cc32)c2ccccc21. The second kappa shape index (κ2) is 6.81. The summed E-state index contributed by atoms with van der Waals surface area (Å²) in [5.74, 6) is 0.113. The van der Waals surface area contributed by atoms with E-state index in [-0.39, 0.29) is 17.1 Å². The molecule has 4 nitrogen and oxygen atoms in total. The molecule has 2 aromatic rings. The van der Waals surface area contributed by atoms with Crippen LogP contribution in [0.5, 0.6) is 0 Å². The summed E-state index contributed by atoms with van der Waals surface area (Å²) in [4.78, 5) is 30.0. The molecule has 2 heterocycles. The summed E-state index contributed by atoms with van der Waals surface area (Å²) in [7, 11) is 0. The second-order valence-electron chi connectivity index (χ2n) is 10.0. The zero-order chi connectivity index (χ0) is 22.0. The number of fused-ring (bicyclic) bond motifs is 5. The molecule has 160 valence electrons. The van der Waals surface area contributed by atoms with Crippen molar-refractivity contribution in [1.29, 1.82) is 0 Å². The van der Waals surface area contributed by atoms with Gasteiger partial charge in [-0.25, -0.2) is 0 Å². The number of para-hydroxylation sites is 1. The molecule has 1 unspecified atom stereocenters. The van der Waals surface area contributed by atoms with E-state index in [9.17, 15) is 9.59 Å². The minimum absolute atomic E-state index is 0.0241. The molecule has 0 bridgehead atoms. The summed E-state index contributed by atoms with van der Waals surface area (Å²) in [6, 6.07) is 14.3. The molecule has 2 aromatic carbocycles. The highest BCUT2D eigenvalue weighted by Gasteiger charge is 2.60. The molecule has 2 aliphatic heterocycles. The van der Waals surface area contributed by atoms with Crippen molar-refractivity contribution in [2.45, 2.75) is 58.8 Å². The number of carbonyl (C=O) groups excluding carboxylic acids is 2. The maximum absolute atomic E-state index is 14.4. The highest BCUT2D eigenvalue weighted by atomic mass is 16.2. The van der Waals surface area contributed by atoms with Crippen molar-refractivity contribution < 1.29 is 9.59 Å². The maximum Gasteiger partial charge on any atom is 0.247 e. The summed E-state index contributed by atoms with van der Waals surface area (Å²) in [5.41, 5.74) is 5.23. The van der Waals surface area contributed by atoms with Gasteiger partial charge in [0.25, 0.3) is 0 Å². The minimum Gasteiger partial charge on any atom is -0.358 e. The van der Waals surface area contributed by atoms with Gasteiger partial charge in [-0.15, -0.1) is 0 Å². The normalized spacial score (nSPS) is 23.5. The first-order valence-corrected chi connectivity index (χ1v) is 11.4. The molecule has 0 aromatic heterocycles. The van der Waals surface area contributed by atoms with Crippen LogP contribution in [-0.4, -0.2) is 18.2 Å². The fourth-order valence-electron chi connectivity index (χ4n) is 5.73. The lowest BCUT2D eigenvalue weighted by molar-refractivity contribution is -0.125. The summed E-state index contributed by atoms with van der Waals surface area (Å²) < 4.78 is 0. The first-order chi connectivity index (χ1) is 14.8. The number of unbranched alkanes of at least 4 members (excludes halogenated alkanes) is 1. The Morgan fingerprint density at radius 2 is 1.81 bits per heavy atom. The Morgan fingerprint density at radius 1 is 1.03 bits per heavy atom. The fraction of sp³-hybridized carbons (Fsp3) is 0.407. The number of amides is 1. The molecule has 0 radical (unpaired) electrons. The fourth-order valence-corrected chi connectivity index (χ4v) is 5.73. The van der Waals surface area contributed by atoms with E-state index in [1.54, 1.807) is 0 Å². The van der Waals surface area contributed by atoms with E-state index in [4.69, 9.17) is 0 Å². The number of rotatable bonds is 3. The largest absolute Gasteiger partial charge is 0.358 e. The lowest BCUT2D eigenvalue weighted by atomic mass is 9.60. The van der Waals surface area contributed by atoms with Gasteiger partial charge < -0.3 is 10.2 Å². The van der Waals surface area contributed by atoms with Crippen molar-refractivity contribution in [3.63, 3.8) is 0 Å². The number of nitrogens with zero attached hydrogens (tertiary/aromatic N) is 1. The van der Waals surface area contributed by atoms with Crippen LogP contribution in [0.4, 0.5) is 11.4 Å². The van der Waals surface area contributed by atoms with Gasteiger partial charge >= 0.3 is 0 Å². The van der Waals surface area contributed by atoms with E-state index in [1.165, 1.54) is 0 Å². The predicted molar refractivity (Wildman–Crippen MR) is 124 cm³/mol. The van der Waals surface area contributed by atoms with Crippen LogP contribution >= 0.6 is 0 Å².